The minimum absolute atomic E-state index is 0.0621. The fourth-order valence-corrected chi connectivity index (χ4v) is 1.94. The average Bonchev–Trinajstić information content (AvgIpc) is 2.48. The molecule has 0 saturated heterocycles. The van der Waals surface area contributed by atoms with Crippen LogP contribution in [0.5, 0.6) is 5.75 Å². The van der Waals surface area contributed by atoms with Crippen LogP contribution in [0.1, 0.15) is 37.6 Å². The molecule has 9 heteroatoms. The Bertz CT molecular complexity index is 670. The Morgan fingerprint density at radius 1 is 1.21 bits per heavy atom. The van der Waals surface area contributed by atoms with Gasteiger partial charge < -0.3 is 14.8 Å². The lowest BCUT2D eigenvalue weighted by molar-refractivity contribution is -0.385. The first-order valence-electron chi connectivity index (χ1n) is 7.21. The fourth-order valence-electron chi connectivity index (χ4n) is 1.94. The highest BCUT2D eigenvalue weighted by atomic mass is 16.6. The van der Waals surface area contributed by atoms with Gasteiger partial charge in [0.1, 0.15) is 12.2 Å². The zero-order valence-corrected chi connectivity index (χ0v) is 13.6. The maximum absolute atomic E-state index is 12.2. The molecule has 0 unspecified atom stereocenters. The number of nitro groups is 1. The molecule has 0 heterocycles. The van der Waals surface area contributed by atoms with E-state index in [2.05, 4.69) is 10.1 Å². The maximum Gasteiger partial charge on any atom is 0.313 e. The molecular formula is C15H18N2O7. The number of anilines is 1. The highest BCUT2D eigenvalue weighted by Gasteiger charge is 2.26. The summed E-state index contributed by atoms with van der Waals surface area (Å²) in [4.78, 5) is 45.4. The van der Waals surface area contributed by atoms with Crippen molar-refractivity contribution in [2.24, 2.45) is 0 Å². The Kier molecular flexibility index (Phi) is 6.84. The van der Waals surface area contributed by atoms with Crippen molar-refractivity contribution in [1.29, 1.82) is 0 Å². The molecule has 1 rings (SSSR count). The van der Waals surface area contributed by atoms with Crippen molar-refractivity contribution in [3.05, 3.63) is 27.8 Å². The number of Topliss-reactive ketones (excluding diaryl/α,β-unsaturated/α-hetero) is 1. The van der Waals surface area contributed by atoms with Gasteiger partial charge in [0, 0.05) is 6.92 Å². The second kappa shape index (κ2) is 8.61. The topological polar surface area (TPSA) is 125 Å². The first-order chi connectivity index (χ1) is 11.3. The van der Waals surface area contributed by atoms with Gasteiger partial charge in [0.05, 0.1) is 35.5 Å². The van der Waals surface area contributed by atoms with E-state index in [1.54, 1.807) is 13.8 Å². The molecule has 24 heavy (non-hydrogen) atoms. The maximum atomic E-state index is 12.2. The van der Waals surface area contributed by atoms with Gasteiger partial charge in [-0.25, -0.2) is 0 Å². The summed E-state index contributed by atoms with van der Waals surface area (Å²) in [6, 6.07) is 2.18. The molecule has 1 aromatic rings. The minimum Gasteiger partial charge on any atom is -0.491 e. The van der Waals surface area contributed by atoms with Gasteiger partial charge in [-0.2, -0.15) is 0 Å². The largest absolute Gasteiger partial charge is 0.491 e. The van der Waals surface area contributed by atoms with E-state index >= 15 is 0 Å². The molecule has 0 aliphatic rings. The van der Waals surface area contributed by atoms with Crippen LogP contribution in [0.4, 0.5) is 11.4 Å². The Balaban J connectivity index is 3.34. The lowest BCUT2D eigenvalue weighted by Crippen LogP contribution is -2.14. The van der Waals surface area contributed by atoms with Gasteiger partial charge in [0.15, 0.2) is 5.78 Å². The number of nitrogens with one attached hydrogen (secondary N) is 1. The second-order valence-electron chi connectivity index (χ2n) is 4.64. The molecule has 0 radical (unpaired) electrons. The Labute approximate surface area is 138 Å². The van der Waals surface area contributed by atoms with E-state index in [0.717, 1.165) is 12.1 Å². The molecular weight excluding hydrogens is 320 g/mol. The van der Waals surface area contributed by atoms with Crippen LogP contribution in [0.3, 0.4) is 0 Å². The molecule has 0 aliphatic carbocycles. The number of nitro benzene ring substituents is 1. The minimum atomic E-state index is -0.785. The summed E-state index contributed by atoms with van der Waals surface area (Å²) in [5.74, 6) is -1.94. The third-order valence-corrected chi connectivity index (χ3v) is 2.82. The molecule has 0 fully saturated rings. The van der Waals surface area contributed by atoms with Crippen LogP contribution in [0.15, 0.2) is 12.1 Å². The second-order valence-corrected chi connectivity index (χ2v) is 4.64. The lowest BCUT2D eigenvalue weighted by Gasteiger charge is -2.12. The molecule has 0 aliphatic heterocycles. The van der Waals surface area contributed by atoms with E-state index in [4.69, 9.17) is 4.74 Å². The number of hydrogen-bond donors (Lipinski definition) is 1. The van der Waals surface area contributed by atoms with E-state index in [1.165, 1.54) is 6.92 Å². The molecule has 0 atom stereocenters. The summed E-state index contributed by atoms with van der Waals surface area (Å²) in [6.07, 6.45) is -0.637. The van der Waals surface area contributed by atoms with Gasteiger partial charge in [-0.15, -0.1) is 0 Å². The third kappa shape index (κ3) is 5.04. The highest BCUT2D eigenvalue weighted by Crippen LogP contribution is 2.34. The Morgan fingerprint density at radius 2 is 1.88 bits per heavy atom. The van der Waals surface area contributed by atoms with Crippen molar-refractivity contribution in [2.45, 2.75) is 27.2 Å². The van der Waals surface area contributed by atoms with Gasteiger partial charge >= 0.3 is 5.97 Å². The summed E-state index contributed by atoms with van der Waals surface area (Å²) >= 11 is 0. The number of hydrogen-bond acceptors (Lipinski definition) is 7. The van der Waals surface area contributed by atoms with Crippen LogP contribution in [0, 0.1) is 10.1 Å². The predicted molar refractivity (Wildman–Crippen MR) is 84.1 cm³/mol. The number of ketones is 1. The molecule has 1 aromatic carbocycles. The number of carbonyl (C=O) groups excluding carboxylic acids is 3. The summed E-state index contributed by atoms with van der Waals surface area (Å²) in [7, 11) is 0. The van der Waals surface area contributed by atoms with Crippen LogP contribution in [-0.2, 0) is 14.3 Å². The van der Waals surface area contributed by atoms with Gasteiger partial charge in [-0.05, 0) is 19.9 Å². The van der Waals surface area contributed by atoms with Crippen LogP contribution in [0.25, 0.3) is 0 Å². The van der Waals surface area contributed by atoms with Gasteiger partial charge in [0.25, 0.3) is 5.69 Å². The SMILES string of the molecule is CCOC(=O)CC(=O)c1cc(NC(C)=O)c(OCC)cc1[N+](=O)[O-]. The smallest absolute Gasteiger partial charge is 0.313 e. The number of rotatable bonds is 8. The number of carbonyl (C=O) groups is 3. The Hall–Kier alpha value is -2.97. The molecule has 130 valence electrons. The van der Waals surface area contributed by atoms with E-state index in [-0.39, 0.29) is 30.2 Å². The number of amides is 1. The Morgan fingerprint density at radius 3 is 2.38 bits per heavy atom. The van der Waals surface area contributed by atoms with Gasteiger partial charge in [-0.1, -0.05) is 0 Å². The number of nitrogens with zero attached hydrogens (tertiary/aromatic N) is 1. The summed E-state index contributed by atoms with van der Waals surface area (Å²) in [5, 5.41) is 13.7. The van der Waals surface area contributed by atoms with E-state index in [0.29, 0.717) is 0 Å². The lowest BCUT2D eigenvalue weighted by atomic mass is 10.0. The first kappa shape index (κ1) is 19.1. The quantitative estimate of drug-likeness (QED) is 0.253. The molecule has 1 amide bonds. The van der Waals surface area contributed by atoms with Crippen molar-refractivity contribution >= 4 is 29.0 Å². The fraction of sp³-hybridized carbons (Fsp3) is 0.400. The van der Waals surface area contributed by atoms with E-state index in [9.17, 15) is 24.5 Å². The molecule has 9 nitrogen and oxygen atoms in total. The van der Waals surface area contributed by atoms with Crippen LogP contribution >= 0.6 is 0 Å². The van der Waals surface area contributed by atoms with E-state index < -0.39 is 34.7 Å². The zero-order valence-electron chi connectivity index (χ0n) is 13.6. The third-order valence-electron chi connectivity index (χ3n) is 2.82. The number of esters is 1. The number of benzene rings is 1. The molecule has 0 spiro atoms. The summed E-state index contributed by atoms with van der Waals surface area (Å²) in [6.45, 7) is 4.80. The van der Waals surface area contributed by atoms with Crippen LogP contribution in [0.2, 0.25) is 0 Å². The standard InChI is InChI=1S/C15H18N2O7/c1-4-23-14-7-12(17(21)22)10(6-11(14)16-9(3)18)13(19)8-15(20)24-5-2/h6-7H,4-5,8H2,1-3H3,(H,16,18). The normalized spacial score (nSPS) is 9.96. The van der Waals surface area contributed by atoms with Crippen molar-refractivity contribution in [3.63, 3.8) is 0 Å². The summed E-state index contributed by atoms with van der Waals surface area (Å²) < 4.78 is 9.93. The van der Waals surface area contributed by atoms with Crippen LogP contribution in [-0.4, -0.2) is 35.8 Å². The highest BCUT2D eigenvalue weighted by molar-refractivity contribution is 6.09. The molecule has 1 N–H and O–H groups in total. The zero-order chi connectivity index (χ0) is 18.3. The van der Waals surface area contributed by atoms with Crippen molar-refractivity contribution in [2.75, 3.05) is 18.5 Å². The molecule has 0 saturated carbocycles. The van der Waals surface area contributed by atoms with Crippen molar-refractivity contribution in [3.8, 4) is 5.75 Å². The first-order valence-corrected chi connectivity index (χ1v) is 7.21. The van der Waals surface area contributed by atoms with Crippen LogP contribution < -0.4 is 10.1 Å². The number of ether oxygens (including phenoxy) is 2. The van der Waals surface area contributed by atoms with Crippen molar-refractivity contribution < 1.29 is 28.8 Å². The van der Waals surface area contributed by atoms with Gasteiger partial charge in [-0.3, -0.25) is 24.5 Å². The monoisotopic (exact) mass is 338 g/mol. The average molecular weight is 338 g/mol. The van der Waals surface area contributed by atoms with Gasteiger partial charge in [0.2, 0.25) is 5.91 Å². The molecule has 0 aromatic heterocycles. The van der Waals surface area contributed by atoms with E-state index in [1.807, 2.05) is 0 Å². The molecule has 0 bridgehead atoms. The predicted octanol–water partition coefficient (Wildman–Crippen LogP) is 2.09. The summed E-state index contributed by atoms with van der Waals surface area (Å²) in [5.41, 5.74) is -0.704. The van der Waals surface area contributed by atoms with Crippen molar-refractivity contribution in [1.82, 2.24) is 0 Å².